The molecule has 30 heavy (non-hydrogen) atoms. The maximum atomic E-state index is 12.2. The number of rotatable bonds is 6. The molecule has 3 aromatic rings. The van der Waals surface area contributed by atoms with Gasteiger partial charge in [-0.3, -0.25) is 14.6 Å². The Morgan fingerprint density at radius 3 is 2.27 bits per heavy atom. The molecule has 1 aromatic heterocycles. The number of para-hydroxylation sites is 2. The van der Waals surface area contributed by atoms with Crippen molar-refractivity contribution in [2.24, 2.45) is 0 Å². The molecular formula is C22H20N4O4. The third-order valence-electron chi connectivity index (χ3n) is 3.99. The van der Waals surface area contributed by atoms with E-state index >= 15 is 0 Å². The number of carbonyl (C=O) groups excluding carboxylic acids is 3. The zero-order chi connectivity index (χ0) is 21.5. The van der Waals surface area contributed by atoms with E-state index in [1.54, 1.807) is 30.5 Å². The Kier molecular flexibility index (Phi) is 6.49. The molecule has 0 radical (unpaired) electrons. The van der Waals surface area contributed by atoms with Gasteiger partial charge in [0, 0.05) is 24.4 Å². The minimum Gasteiger partial charge on any atom is -0.449 e. The number of benzene rings is 2. The highest BCUT2D eigenvalue weighted by molar-refractivity contribution is 5.97. The molecule has 3 rings (SSSR count). The Balaban J connectivity index is 1.54. The number of anilines is 2. The Bertz CT molecular complexity index is 1110. The van der Waals surface area contributed by atoms with Gasteiger partial charge in [-0.15, -0.1) is 0 Å². The van der Waals surface area contributed by atoms with E-state index in [4.69, 9.17) is 4.74 Å². The Morgan fingerprint density at radius 2 is 1.60 bits per heavy atom. The lowest BCUT2D eigenvalue weighted by Crippen LogP contribution is -2.29. The van der Waals surface area contributed by atoms with Crippen LogP contribution < -0.4 is 10.6 Å². The third kappa shape index (κ3) is 5.71. The minimum absolute atomic E-state index is 0.185. The zero-order valence-electron chi connectivity index (χ0n) is 16.5. The van der Waals surface area contributed by atoms with Crippen molar-refractivity contribution in [2.75, 3.05) is 10.6 Å². The maximum absolute atomic E-state index is 12.2. The van der Waals surface area contributed by atoms with Crippen LogP contribution in [0.5, 0.6) is 0 Å². The van der Waals surface area contributed by atoms with Crippen molar-refractivity contribution in [3.63, 3.8) is 0 Å². The van der Waals surface area contributed by atoms with Crippen LogP contribution in [0.3, 0.4) is 0 Å². The van der Waals surface area contributed by atoms with Gasteiger partial charge in [-0.05, 0) is 49.4 Å². The van der Waals surface area contributed by atoms with Crippen LogP contribution in [0, 0.1) is 0 Å². The summed E-state index contributed by atoms with van der Waals surface area (Å²) in [5, 5.41) is 5.28. The number of hydrogen-bond donors (Lipinski definition) is 2. The predicted octanol–water partition coefficient (Wildman–Crippen LogP) is 3.17. The molecule has 152 valence electrons. The molecule has 0 spiro atoms. The number of nitrogens with one attached hydrogen (secondary N) is 2. The first kappa shape index (κ1) is 20.7. The van der Waals surface area contributed by atoms with Crippen LogP contribution in [-0.4, -0.2) is 33.9 Å². The summed E-state index contributed by atoms with van der Waals surface area (Å²) < 4.78 is 5.13. The van der Waals surface area contributed by atoms with Crippen molar-refractivity contribution in [1.29, 1.82) is 0 Å². The molecule has 0 aliphatic heterocycles. The lowest BCUT2D eigenvalue weighted by molar-refractivity contribution is -0.148. The van der Waals surface area contributed by atoms with E-state index in [1.807, 2.05) is 24.3 Å². The van der Waals surface area contributed by atoms with Crippen LogP contribution in [-0.2, 0) is 19.1 Å². The van der Waals surface area contributed by atoms with Gasteiger partial charge in [-0.25, -0.2) is 9.78 Å². The van der Waals surface area contributed by atoms with Gasteiger partial charge in [0.15, 0.2) is 6.10 Å². The molecule has 0 unspecified atom stereocenters. The van der Waals surface area contributed by atoms with E-state index in [0.717, 1.165) is 5.52 Å². The van der Waals surface area contributed by atoms with Gasteiger partial charge in [0.1, 0.15) is 0 Å². The molecule has 2 aromatic carbocycles. The largest absolute Gasteiger partial charge is 0.449 e. The lowest BCUT2D eigenvalue weighted by Gasteiger charge is -2.12. The number of carbonyl (C=O) groups is 3. The molecule has 2 N–H and O–H groups in total. The quantitative estimate of drug-likeness (QED) is 0.482. The highest BCUT2D eigenvalue weighted by Gasteiger charge is 2.16. The molecule has 1 heterocycles. The van der Waals surface area contributed by atoms with Gasteiger partial charge in [0.2, 0.25) is 5.91 Å². The van der Waals surface area contributed by atoms with Crippen LogP contribution in [0.1, 0.15) is 19.5 Å². The second-order valence-corrected chi connectivity index (χ2v) is 6.44. The van der Waals surface area contributed by atoms with Gasteiger partial charge >= 0.3 is 5.97 Å². The molecule has 1 atom stereocenters. The lowest BCUT2D eigenvalue weighted by atomic mass is 10.2. The van der Waals surface area contributed by atoms with E-state index in [9.17, 15) is 14.4 Å². The first-order valence-corrected chi connectivity index (χ1v) is 9.20. The Hall–Kier alpha value is -4.07. The molecule has 0 fully saturated rings. The Labute approximate surface area is 173 Å². The van der Waals surface area contributed by atoms with Crippen molar-refractivity contribution in [1.82, 2.24) is 9.97 Å². The van der Waals surface area contributed by atoms with Gasteiger partial charge in [-0.1, -0.05) is 12.1 Å². The zero-order valence-corrected chi connectivity index (χ0v) is 16.5. The van der Waals surface area contributed by atoms with Crippen LogP contribution >= 0.6 is 0 Å². The average Bonchev–Trinajstić information content (AvgIpc) is 2.73. The minimum atomic E-state index is -1.00. The van der Waals surface area contributed by atoms with Gasteiger partial charge < -0.3 is 15.4 Å². The number of aromatic nitrogens is 2. The molecule has 8 heteroatoms. The third-order valence-corrected chi connectivity index (χ3v) is 3.99. The van der Waals surface area contributed by atoms with Crippen LogP contribution in [0.4, 0.5) is 11.4 Å². The second kappa shape index (κ2) is 9.42. The molecule has 2 amide bonds. The van der Waals surface area contributed by atoms with E-state index in [0.29, 0.717) is 22.6 Å². The van der Waals surface area contributed by atoms with Crippen molar-refractivity contribution in [3.05, 3.63) is 66.5 Å². The molecule has 0 saturated carbocycles. The van der Waals surface area contributed by atoms with Crippen molar-refractivity contribution in [3.8, 4) is 0 Å². The standard InChI is InChI=1S/C22H20N4O4/c1-14(22(29)26-17-9-7-16(8-10-17)24-15(2)27)30-21(28)12-11-18-13-23-19-5-3-4-6-20(19)25-18/h3-14H,1-2H3,(H,24,27)(H,26,29)/b12-11+/t14-/m0/s1. The van der Waals surface area contributed by atoms with E-state index in [-0.39, 0.29) is 5.91 Å². The van der Waals surface area contributed by atoms with Crippen molar-refractivity contribution in [2.45, 2.75) is 20.0 Å². The summed E-state index contributed by atoms with van der Waals surface area (Å²) in [6.45, 7) is 2.88. The number of ether oxygens (including phenoxy) is 1. The van der Waals surface area contributed by atoms with Crippen LogP contribution in [0.25, 0.3) is 17.1 Å². The average molecular weight is 404 g/mol. The summed E-state index contributed by atoms with van der Waals surface area (Å²) in [5.74, 6) is -1.34. The van der Waals surface area contributed by atoms with Crippen molar-refractivity contribution >= 4 is 46.3 Å². The summed E-state index contributed by atoms with van der Waals surface area (Å²) in [7, 11) is 0. The number of esters is 1. The fourth-order valence-electron chi connectivity index (χ4n) is 2.56. The summed E-state index contributed by atoms with van der Waals surface area (Å²) in [6, 6.07) is 14.0. The fraction of sp³-hybridized carbons (Fsp3) is 0.136. The molecular weight excluding hydrogens is 384 g/mol. The van der Waals surface area contributed by atoms with Crippen LogP contribution in [0.2, 0.25) is 0 Å². The highest BCUT2D eigenvalue weighted by atomic mass is 16.5. The number of fused-ring (bicyclic) bond motifs is 1. The van der Waals surface area contributed by atoms with E-state index < -0.39 is 18.0 Å². The predicted molar refractivity (Wildman–Crippen MR) is 114 cm³/mol. The van der Waals surface area contributed by atoms with Gasteiger partial charge in [0.25, 0.3) is 5.91 Å². The first-order valence-electron chi connectivity index (χ1n) is 9.20. The molecule has 0 bridgehead atoms. The molecule has 8 nitrogen and oxygen atoms in total. The SMILES string of the molecule is CC(=O)Nc1ccc(NC(=O)[C@H](C)OC(=O)/C=C/c2cnc3ccccc3n2)cc1. The first-order chi connectivity index (χ1) is 14.4. The van der Waals surface area contributed by atoms with Gasteiger partial charge in [-0.2, -0.15) is 0 Å². The smallest absolute Gasteiger partial charge is 0.331 e. The maximum Gasteiger partial charge on any atom is 0.331 e. The number of nitrogens with zero attached hydrogens (tertiary/aromatic N) is 2. The molecule has 0 aliphatic rings. The summed E-state index contributed by atoms with van der Waals surface area (Å²) in [5.41, 5.74) is 3.10. The van der Waals surface area contributed by atoms with Crippen molar-refractivity contribution < 1.29 is 19.1 Å². The van der Waals surface area contributed by atoms with Gasteiger partial charge in [0.05, 0.1) is 22.9 Å². The highest BCUT2D eigenvalue weighted by Crippen LogP contribution is 2.14. The fourth-order valence-corrected chi connectivity index (χ4v) is 2.56. The summed E-state index contributed by atoms with van der Waals surface area (Å²) in [6.07, 6.45) is 3.23. The molecule has 0 aliphatic carbocycles. The number of hydrogen-bond acceptors (Lipinski definition) is 6. The topological polar surface area (TPSA) is 110 Å². The van der Waals surface area contributed by atoms with E-state index in [2.05, 4.69) is 20.6 Å². The molecule has 0 saturated heterocycles. The summed E-state index contributed by atoms with van der Waals surface area (Å²) >= 11 is 0. The summed E-state index contributed by atoms with van der Waals surface area (Å²) in [4.78, 5) is 43.9. The van der Waals surface area contributed by atoms with E-state index in [1.165, 1.54) is 26.0 Å². The normalized spacial score (nSPS) is 11.8. The Morgan fingerprint density at radius 1 is 0.967 bits per heavy atom. The second-order valence-electron chi connectivity index (χ2n) is 6.44. The monoisotopic (exact) mass is 404 g/mol. The number of amides is 2. The van der Waals surface area contributed by atoms with Crippen LogP contribution in [0.15, 0.2) is 60.8 Å².